The summed E-state index contributed by atoms with van der Waals surface area (Å²) in [5, 5.41) is 4.52. The molecule has 0 aromatic heterocycles. The second-order valence-corrected chi connectivity index (χ2v) is 8.27. The molecule has 0 radical (unpaired) electrons. The van der Waals surface area contributed by atoms with E-state index in [-0.39, 0.29) is 0 Å². The Labute approximate surface area is 193 Å². The van der Waals surface area contributed by atoms with Gasteiger partial charge in [-0.05, 0) is 48.9 Å². The summed E-state index contributed by atoms with van der Waals surface area (Å²) in [6, 6.07) is 13.4. The number of hydrogen-bond acceptors (Lipinski definition) is 2. The molecule has 2 nitrogen and oxygen atoms in total. The molecular formula is C30H38O2. The van der Waals surface area contributed by atoms with Gasteiger partial charge in [0, 0.05) is 21.5 Å². The maximum Gasteiger partial charge on any atom is 0.135 e. The Morgan fingerprint density at radius 3 is 1.38 bits per heavy atom. The molecule has 3 aromatic carbocycles. The van der Waals surface area contributed by atoms with Crippen molar-refractivity contribution in [1.29, 1.82) is 0 Å². The summed E-state index contributed by atoms with van der Waals surface area (Å²) in [5.41, 5.74) is 2.62. The van der Waals surface area contributed by atoms with Crippen molar-refractivity contribution in [3.05, 3.63) is 71.8 Å². The average Bonchev–Trinajstić information content (AvgIpc) is 2.83. The molecular weight excluding hydrogens is 392 g/mol. The molecule has 2 heteroatoms. The maximum atomic E-state index is 6.41. The monoisotopic (exact) mass is 430 g/mol. The summed E-state index contributed by atoms with van der Waals surface area (Å²) in [5.74, 6) is 1.92. The molecule has 0 aliphatic heterocycles. The van der Waals surface area contributed by atoms with Crippen LogP contribution in [-0.4, -0.2) is 13.2 Å². The molecule has 0 N–H and O–H groups in total. The molecule has 32 heavy (non-hydrogen) atoms. The topological polar surface area (TPSA) is 18.5 Å². The number of fused-ring (bicyclic) bond motifs is 2. The third-order valence-electron chi connectivity index (χ3n) is 5.85. The molecule has 0 aliphatic rings. The van der Waals surface area contributed by atoms with Gasteiger partial charge in [-0.1, -0.05) is 89.1 Å². The van der Waals surface area contributed by atoms with Crippen molar-refractivity contribution in [2.75, 3.05) is 13.2 Å². The largest absolute Gasteiger partial charge is 0.488 e. The lowest BCUT2D eigenvalue weighted by molar-refractivity contribution is 0.365. The lowest BCUT2D eigenvalue weighted by Crippen LogP contribution is -2.01. The van der Waals surface area contributed by atoms with Crippen LogP contribution in [-0.2, 0) is 12.8 Å². The Morgan fingerprint density at radius 1 is 0.562 bits per heavy atom. The van der Waals surface area contributed by atoms with E-state index in [0.29, 0.717) is 13.2 Å². The van der Waals surface area contributed by atoms with Crippen molar-refractivity contribution in [2.45, 2.75) is 66.2 Å². The van der Waals surface area contributed by atoms with Gasteiger partial charge < -0.3 is 9.47 Å². The number of allylic oxidation sites excluding steroid dienone is 2. The van der Waals surface area contributed by atoms with Crippen LogP contribution in [0.2, 0.25) is 0 Å². The van der Waals surface area contributed by atoms with E-state index in [1.54, 1.807) is 0 Å². The Bertz CT molecular complexity index is 988. The number of hydrogen-bond donors (Lipinski definition) is 0. The van der Waals surface area contributed by atoms with E-state index in [2.05, 4.69) is 88.4 Å². The summed E-state index contributed by atoms with van der Waals surface area (Å²) in [6.07, 6.45) is 15.1. The Balaban J connectivity index is 2.15. The van der Waals surface area contributed by atoms with Gasteiger partial charge in [0.2, 0.25) is 0 Å². The quantitative estimate of drug-likeness (QED) is 0.211. The fraction of sp³-hybridized carbons (Fsp3) is 0.400. The maximum absolute atomic E-state index is 6.41. The van der Waals surface area contributed by atoms with Crippen LogP contribution in [0, 0.1) is 0 Å². The highest BCUT2D eigenvalue weighted by molar-refractivity contribution is 6.11. The lowest BCUT2D eigenvalue weighted by Gasteiger charge is -2.18. The van der Waals surface area contributed by atoms with Gasteiger partial charge >= 0.3 is 0 Å². The van der Waals surface area contributed by atoms with Crippen LogP contribution in [0.3, 0.4) is 0 Å². The average molecular weight is 431 g/mol. The minimum absolute atomic E-state index is 0.579. The van der Waals surface area contributed by atoms with E-state index in [9.17, 15) is 0 Å². The van der Waals surface area contributed by atoms with Crippen LogP contribution >= 0.6 is 0 Å². The van der Waals surface area contributed by atoms with Crippen LogP contribution in [0.5, 0.6) is 11.5 Å². The van der Waals surface area contributed by atoms with Gasteiger partial charge in [-0.25, -0.2) is 0 Å². The molecule has 0 amide bonds. The smallest absolute Gasteiger partial charge is 0.135 e. The first kappa shape index (κ1) is 23.9. The Morgan fingerprint density at radius 2 is 1.00 bits per heavy atom. The predicted octanol–water partition coefficient (Wildman–Crippen LogP) is 8.59. The lowest BCUT2D eigenvalue weighted by atomic mass is 9.96. The van der Waals surface area contributed by atoms with Gasteiger partial charge in [-0.2, -0.15) is 0 Å². The fourth-order valence-corrected chi connectivity index (χ4v) is 3.96. The first-order valence-corrected chi connectivity index (χ1v) is 12.3. The Kier molecular flexibility index (Phi) is 9.22. The standard InChI is InChI=1S/C30H38O2/c1-5-9-11-13-19-31-29-25-17-15-24(8-4)22-28(25)30(32-20-14-12-10-6-2)26-18-16-23(7-3)21-27(26)29/h11-18,21-22H,5-10,19-20H2,1-4H3/b13-11+,14-12+. The summed E-state index contributed by atoms with van der Waals surface area (Å²) < 4.78 is 12.8. The summed E-state index contributed by atoms with van der Waals surface area (Å²) in [4.78, 5) is 0. The van der Waals surface area contributed by atoms with Crippen LogP contribution in [0.25, 0.3) is 21.5 Å². The first-order chi connectivity index (χ1) is 15.7. The van der Waals surface area contributed by atoms with Crippen molar-refractivity contribution in [2.24, 2.45) is 0 Å². The zero-order valence-electron chi connectivity index (χ0n) is 20.2. The van der Waals surface area contributed by atoms with E-state index in [1.165, 1.54) is 11.1 Å². The third kappa shape index (κ3) is 5.73. The van der Waals surface area contributed by atoms with Crippen molar-refractivity contribution < 1.29 is 9.47 Å². The number of ether oxygens (including phenoxy) is 2. The zero-order chi connectivity index (χ0) is 22.8. The van der Waals surface area contributed by atoms with Crippen LogP contribution in [0.15, 0.2) is 60.7 Å². The molecule has 0 unspecified atom stereocenters. The van der Waals surface area contributed by atoms with Gasteiger partial charge in [0.1, 0.15) is 24.7 Å². The van der Waals surface area contributed by atoms with Crippen LogP contribution in [0.1, 0.15) is 64.5 Å². The second-order valence-electron chi connectivity index (χ2n) is 8.27. The minimum atomic E-state index is 0.579. The Hall–Kier alpha value is -2.74. The van der Waals surface area contributed by atoms with Crippen LogP contribution in [0.4, 0.5) is 0 Å². The predicted molar refractivity (Wildman–Crippen MR) is 139 cm³/mol. The van der Waals surface area contributed by atoms with E-state index >= 15 is 0 Å². The summed E-state index contributed by atoms with van der Waals surface area (Å²) in [6.45, 7) is 9.94. The molecule has 0 fully saturated rings. The van der Waals surface area contributed by atoms with Crippen molar-refractivity contribution in [3.63, 3.8) is 0 Å². The number of unbranched alkanes of at least 4 members (excludes halogenated alkanes) is 2. The number of rotatable bonds is 12. The molecule has 0 aliphatic carbocycles. The third-order valence-corrected chi connectivity index (χ3v) is 5.85. The van der Waals surface area contributed by atoms with Gasteiger partial charge in [0.15, 0.2) is 0 Å². The summed E-state index contributed by atoms with van der Waals surface area (Å²) in [7, 11) is 0. The second kappa shape index (κ2) is 12.3. The van der Waals surface area contributed by atoms with Gasteiger partial charge in [0.05, 0.1) is 0 Å². The van der Waals surface area contributed by atoms with Gasteiger partial charge in [0.25, 0.3) is 0 Å². The van der Waals surface area contributed by atoms with E-state index in [1.807, 2.05) is 0 Å². The van der Waals surface area contributed by atoms with E-state index in [0.717, 1.165) is 71.6 Å². The molecule has 0 saturated carbocycles. The van der Waals surface area contributed by atoms with Crippen molar-refractivity contribution >= 4 is 21.5 Å². The van der Waals surface area contributed by atoms with Gasteiger partial charge in [-0.3, -0.25) is 0 Å². The molecule has 3 rings (SSSR count). The van der Waals surface area contributed by atoms with Crippen LogP contribution < -0.4 is 9.47 Å². The fourth-order valence-electron chi connectivity index (χ4n) is 3.96. The van der Waals surface area contributed by atoms with Crippen molar-refractivity contribution in [1.82, 2.24) is 0 Å². The molecule has 3 aromatic rings. The van der Waals surface area contributed by atoms with Gasteiger partial charge in [-0.15, -0.1) is 0 Å². The molecule has 0 heterocycles. The highest BCUT2D eigenvalue weighted by atomic mass is 16.5. The molecule has 0 spiro atoms. The minimum Gasteiger partial charge on any atom is -0.488 e. The van der Waals surface area contributed by atoms with E-state index in [4.69, 9.17) is 9.47 Å². The molecule has 0 bridgehead atoms. The normalized spacial score (nSPS) is 11.9. The SMILES string of the molecule is CCC/C=C/COc1c2ccc(CC)cc2c(OC/C=C/CCC)c2ccc(CC)cc12. The van der Waals surface area contributed by atoms with E-state index < -0.39 is 0 Å². The van der Waals surface area contributed by atoms with Crippen molar-refractivity contribution in [3.8, 4) is 11.5 Å². The first-order valence-electron chi connectivity index (χ1n) is 12.3. The molecule has 170 valence electrons. The highest BCUT2D eigenvalue weighted by Gasteiger charge is 2.17. The number of aryl methyl sites for hydroxylation is 2. The highest BCUT2D eigenvalue weighted by Crippen LogP contribution is 2.43. The summed E-state index contributed by atoms with van der Waals surface area (Å²) >= 11 is 0. The zero-order valence-corrected chi connectivity index (χ0v) is 20.2. The molecule has 0 atom stereocenters. The molecule has 0 saturated heterocycles. The number of benzene rings is 3.